The molecule has 0 aliphatic rings. The van der Waals surface area contributed by atoms with Crippen molar-refractivity contribution in [3.8, 4) is 0 Å². The van der Waals surface area contributed by atoms with Gasteiger partial charge in [0, 0.05) is 23.9 Å². The molecule has 0 saturated heterocycles. The predicted molar refractivity (Wildman–Crippen MR) is 93.6 cm³/mol. The number of non-ortho nitro benzene ring substituents is 1. The fourth-order valence-corrected chi connectivity index (χ4v) is 2.44. The Hall–Kier alpha value is -3.48. The van der Waals surface area contributed by atoms with Crippen molar-refractivity contribution in [2.24, 2.45) is 0 Å². The van der Waals surface area contributed by atoms with Gasteiger partial charge in [-0.15, -0.1) is 0 Å². The minimum atomic E-state index is -0.531. The summed E-state index contributed by atoms with van der Waals surface area (Å²) in [6, 6.07) is 13.6. The zero-order chi connectivity index (χ0) is 17.8. The quantitative estimate of drug-likeness (QED) is 0.571. The van der Waals surface area contributed by atoms with Gasteiger partial charge in [-0.25, -0.2) is 0 Å². The number of benzene rings is 2. The van der Waals surface area contributed by atoms with Crippen LogP contribution in [0.4, 0.5) is 11.4 Å². The zero-order valence-corrected chi connectivity index (χ0v) is 13.5. The van der Waals surface area contributed by atoms with Crippen molar-refractivity contribution < 1.29 is 9.72 Å². The maximum Gasteiger partial charge on any atom is 0.270 e. The summed E-state index contributed by atoms with van der Waals surface area (Å²) in [5.74, 6) is -0.417. The second-order valence-electron chi connectivity index (χ2n) is 5.61. The highest BCUT2D eigenvalue weighted by Gasteiger charge is 2.12. The highest BCUT2D eigenvalue weighted by molar-refractivity contribution is 6.04. The molecule has 3 aromatic rings. The summed E-state index contributed by atoms with van der Waals surface area (Å²) in [6.45, 7) is 2.63. The predicted octanol–water partition coefficient (Wildman–Crippen LogP) is 3.40. The van der Waals surface area contributed by atoms with Gasteiger partial charge in [-0.3, -0.25) is 19.6 Å². The largest absolute Gasteiger partial charge is 0.319 e. The van der Waals surface area contributed by atoms with E-state index in [0.29, 0.717) is 12.2 Å². The van der Waals surface area contributed by atoms with Crippen molar-refractivity contribution in [1.29, 1.82) is 0 Å². The molecule has 1 aromatic heterocycles. The van der Waals surface area contributed by atoms with Crippen LogP contribution in [0.3, 0.4) is 0 Å². The Morgan fingerprint density at radius 1 is 1.24 bits per heavy atom. The van der Waals surface area contributed by atoms with Crippen molar-refractivity contribution in [2.75, 3.05) is 5.32 Å². The smallest absolute Gasteiger partial charge is 0.270 e. The van der Waals surface area contributed by atoms with E-state index in [1.54, 1.807) is 17.1 Å². The molecule has 1 amide bonds. The number of nitro benzene ring substituents is 1. The van der Waals surface area contributed by atoms with E-state index in [1.165, 1.54) is 29.8 Å². The molecule has 126 valence electrons. The van der Waals surface area contributed by atoms with Gasteiger partial charge in [0.1, 0.15) is 0 Å². The van der Waals surface area contributed by atoms with Gasteiger partial charge in [-0.2, -0.15) is 5.10 Å². The number of hydrogen-bond donors (Lipinski definition) is 1. The molecule has 7 nitrogen and oxygen atoms in total. The molecule has 0 saturated carbocycles. The molecule has 2 aromatic carbocycles. The number of rotatable bonds is 5. The lowest BCUT2D eigenvalue weighted by Crippen LogP contribution is -2.11. The van der Waals surface area contributed by atoms with Gasteiger partial charge in [0.15, 0.2) is 0 Å². The number of amides is 1. The highest BCUT2D eigenvalue weighted by Crippen LogP contribution is 2.16. The molecule has 0 fully saturated rings. The Bertz CT molecular complexity index is 933. The molecule has 0 radical (unpaired) electrons. The number of aromatic nitrogens is 2. The average molecular weight is 336 g/mol. The monoisotopic (exact) mass is 336 g/mol. The molecule has 7 heteroatoms. The first kappa shape index (κ1) is 16.4. The van der Waals surface area contributed by atoms with Crippen LogP contribution in [0, 0.1) is 17.0 Å². The van der Waals surface area contributed by atoms with Crippen molar-refractivity contribution in [3.05, 3.63) is 87.7 Å². The van der Waals surface area contributed by atoms with Crippen LogP contribution in [-0.2, 0) is 6.54 Å². The van der Waals surface area contributed by atoms with E-state index < -0.39 is 10.8 Å². The van der Waals surface area contributed by atoms with Gasteiger partial charge in [-0.1, -0.05) is 30.3 Å². The van der Waals surface area contributed by atoms with Crippen molar-refractivity contribution >= 4 is 17.3 Å². The average Bonchev–Trinajstić information content (AvgIpc) is 3.04. The highest BCUT2D eigenvalue weighted by atomic mass is 16.6. The first-order valence-corrected chi connectivity index (χ1v) is 7.66. The SMILES string of the molecule is Cc1ccccc1Cn1cc(NC(=O)c2cccc([N+](=O)[O-])c2)cn1. The molecule has 0 atom stereocenters. The summed E-state index contributed by atoms with van der Waals surface area (Å²) < 4.78 is 1.73. The third-order valence-corrected chi connectivity index (χ3v) is 3.80. The van der Waals surface area contributed by atoms with Crippen molar-refractivity contribution in [3.63, 3.8) is 0 Å². The number of aryl methyl sites for hydroxylation is 1. The lowest BCUT2D eigenvalue weighted by Gasteiger charge is -2.05. The van der Waals surface area contributed by atoms with E-state index in [0.717, 1.165) is 5.56 Å². The van der Waals surface area contributed by atoms with E-state index in [9.17, 15) is 14.9 Å². The number of carbonyl (C=O) groups is 1. The molecular weight excluding hydrogens is 320 g/mol. The molecule has 25 heavy (non-hydrogen) atoms. The third kappa shape index (κ3) is 3.89. The number of nitrogens with one attached hydrogen (secondary N) is 1. The van der Waals surface area contributed by atoms with Gasteiger partial charge < -0.3 is 5.32 Å². The summed E-state index contributed by atoms with van der Waals surface area (Å²) in [4.78, 5) is 22.5. The van der Waals surface area contributed by atoms with Crippen LogP contribution in [0.2, 0.25) is 0 Å². The molecule has 0 aliphatic heterocycles. The van der Waals surface area contributed by atoms with Crippen LogP contribution < -0.4 is 5.32 Å². The summed E-state index contributed by atoms with van der Waals surface area (Å²) in [5, 5.41) is 17.7. The summed E-state index contributed by atoms with van der Waals surface area (Å²) in [6.07, 6.45) is 3.27. The number of nitrogens with zero attached hydrogens (tertiary/aromatic N) is 3. The van der Waals surface area contributed by atoms with E-state index >= 15 is 0 Å². The number of nitro groups is 1. The van der Waals surface area contributed by atoms with E-state index in [2.05, 4.69) is 10.4 Å². The van der Waals surface area contributed by atoms with E-state index in [-0.39, 0.29) is 11.3 Å². The Morgan fingerprint density at radius 3 is 2.80 bits per heavy atom. The maximum absolute atomic E-state index is 12.2. The lowest BCUT2D eigenvalue weighted by atomic mass is 10.1. The molecule has 0 bridgehead atoms. The molecule has 1 N–H and O–H groups in total. The Labute approximate surface area is 144 Å². The first-order valence-electron chi connectivity index (χ1n) is 7.66. The lowest BCUT2D eigenvalue weighted by molar-refractivity contribution is -0.384. The normalized spacial score (nSPS) is 10.4. The Morgan fingerprint density at radius 2 is 2.04 bits per heavy atom. The summed E-state index contributed by atoms with van der Waals surface area (Å²) in [7, 11) is 0. The standard InChI is InChI=1S/C18H16N4O3/c1-13-5-2-3-6-15(13)11-21-12-16(10-19-21)20-18(23)14-7-4-8-17(9-14)22(24)25/h2-10,12H,11H2,1H3,(H,20,23). The van der Waals surface area contributed by atoms with Crippen LogP contribution in [0.5, 0.6) is 0 Å². The Balaban J connectivity index is 1.71. The second-order valence-corrected chi connectivity index (χ2v) is 5.61. The third-order valence-electron chi connectivity index (χ3n) is 3.80. The van der Waals surface area contributed by atoms with Crippen LogP contribution >= 0.6 is 0 Å². The molecular formula is C18H16N4O3. The van der Waals surface area contributed by atoms with E-state index in [4.69, 9.17) is 0 Å². The van der Waals surface area contributed by atoms with Crippen molar-refractivity contribution in [1.82, 2.24) is 9.78 Å². The number of hydrogen-bond acceptors (Lipinski definition) is 4. The maximum atomic E-state index is 12.2. The second kappa shape index (κ2) is 6.96. The van der Waals surface area contributed by atoms with Crippen LogP contribution in [0.1, 0.15) is 21.5 Å². The summed E-state index contributed by atoms with van der Waals surface area (Å²) >= 11 is 0. The fourth-order valence-electron chi connectivity index (χ4n) is 2.44. The zero-order valence-electron chi connectivity index (χ0n) is 13.5. The minimum Gasteiger partial charge on any atom is -0.319 e. The Kier molecular flexibility index (Phi) is 4.56. The number of carbonyl (C=O) groups excluding carboxylic acids is 1. The molecule has 0 unspecified atom stereocenters. The first-order chi connectivity index (χ1) is 12.0. The molecule has 3 rings (SSSR count). The fraction of sp³-hybridized carbons (Fsp3) is 0.111. The minimum absolute atomic E-state index is 0.122. The summed E-state index contributed by atoms with van der Waals surface area (Å²) in [5.41, 5.74) is 2.94. The van der Waals surface area contributed by atoms with Gasteiger partial charge >= 0.3 is 0 Å². The van der Waals surface area contributed by atoms with Gasteiger partial charge in [0.2, 0.25) is 0 Å². The molecule has 0 aliphatic carbocycles. The molecule has 1 heterocycles. The van der Waals surface area contributed by atoms with Crippen molar-refractivity contribution in [2.45, 2.75) is 13.5 Å². The van der Waals surface area contributed by atoms with Gasteiger partial charge in [0.05, 0.1) is 23.4 Å². The van der Waals surface area contributed by atoms with Crippen LogP contribution in [-0.4, -0.2) is 20.6 Å². The van der Waals surface area contributed by atoms with E-state index in [1.807, 2.05) is 31.2 Å². The molecule has 0 spiro atoms. The van der Waals surface area contributed by atoms with Gasteiger partial charge in [-0.05, 0) is 24.1 Å². The van der Waals surface area contributed by atoms with Crippen LogP contribution in [0.25, 0.3) is 0 Å². The topological polar surface area (TPSA) is 90.1 Å². The number of anilines is 1. The van der Waals surface area contributed by atoms with Crippen LogP contribution in [0.15, 0.2) is 60.9 Å². The van der Waals surface area contributed by atoms with Gasteiger partial charge in [0.25, 0.3) is 11.6 Å².